The second-order valence-corrected chi connectivity index (χ2v) is 5.98. The van der Waals surface area contributed by atoms with Gasteiger partial charge >= 0.3 is 0 Å². The molecule has 0 amide bonds. The molecule has 0 bridgehead atoms. The third kappa shape index (κ3) is 2.71. The van der Waals surface area contributed by atoms with Gasteiger partial charge in [-0.2, -0.15) is 0 Å². The van der Waals surface area contributed by atoms with Crippen molar-refractivity contribution in [2.24, 2.45) is 5.84 Å². The van der Waals surface area contributed by atoms with Crippen molar-refractivity contribution in [3.63, 3.8) is 0 Å². The second-order valence-electron chi connectivity index (χ2n) is 5.98. The van der Waals surface area contributed by atoms with E-state index in [-0.39, 0.29) is 0 Å². The molecule has 6 heteroatoms. The zero-order valence-electron chi connectivity index (χ0n) is 12.3. The van der Waals surface area contributed by atoms with Gasteiger partial charge in [-0.15, -0.1) is 0 Å². The van der Waals surface area contributed by atoms with Crippen LogP contribution in [0.3, 0.4) is 0 Å². The van der Waals surface area contributed by atoms with E-state index in [1.165, 1.54) is 32.2 Å². The summed E-state index contributed by atoms with van der Waals surface area (Å²) in [7, 11) is 2.19. The highest BCUT2D eigenvalue weighted by Crippen LogP contribution is 2.39. The van der Waals surface area contributed by atoms with Gasteiger partial charge in [0, 0.05) is 24.1 Å². The zero-order valence-corrected chi connectivity index (χ0v) is 12.3. The molecule has 2 heterocycles. The molecule has 1 aromatic heterocycles. The zero-order chi connectivity index (χ0) is 14.1. The number of likely N-dealkylation sites (N-methyl/N-ethyl adjacent to an activating group) is 1. The number of aromatic nitrogens is 2. The number of nitrogens with zero attached hydrogens (tertiary/aromatic N) is 3. The van der Waals surface area contributed by atoms with Gasteiger partial charge in [-0.25, -0.2) is 15.8 Å². The first-order valence-electron chi connectivity index (χ1n) is 7.48. The highest BCUT2D eigenvalue weighted by atomic mass is 15.3. The molecule has 3 rings (SSSR count). The summed E-state index contributed by atoms with van der Waals surface area (Å²) < 4.78 is 0. The molecule has 1 unspecified atom stereocenters. The fourth-order valence-corrected chi connectivity index (χ4v) is 2.82. The molecule has 1 aliphatic heterocycles. The van der Waals surface area contributed by atoms with Crippen molar-refractivity contribution in [1.29, 1.82) is 0 Å². The molecule has 1 atom stereocenters. The molecule has 1 aromatic rings. The van der Waals surface area contributed by atoms with Crippen LogP contribution in [-0.4, -0.2) is 41.0 Å². The Balaban J connectivity index is 1.75. The van der Waals surface area contributed by atoms with Gasteiger partial charge in [0.2, 0.25) is 0 Å². The van der Waals surface area contributed by atoms with Crippen LogP contribution in [0.2, 0.25) is 0 Å². The van der Waals surface area contributed by atoms with Crippen LogP contribution in [-0.2, 0) is 0 Å². The SMILES string of the molecule is Cc1c(NN)nc(C2CC2)nc1NCC1CCCN1C. The molecule has 4 N–H and O–H groups in total. The van der Waals surface area contributed by atoms with Gasteiger partial charge in [0.1, 0.15) is 17.5 Å². The highest BCUT2D eigenvalue weighted by Gasteiger charge is 2.28. The molecule has 0 spiro atoms. The standard InChI is InChI=1S/C14H24N6/c1-9-12(16-8-11-4-3-7-20(11)2)17-14(10-5-6-10)18-13(9)19-15/h10-11H,3-8,15H2,1-2H3,(H2,16,17,18,19). The van der Waals surface area contributed by atoms with Gasteiger partial charge in [0.05, 0.1) is 0 Å². The summed E-state index contributed by atoms with van der Waals surface area (Å²) in [6.45, 7) is 4.13. The summed E-state index contributed by atoms with van der Waals surface area (Å²) in [6.07, 6.45) is 4.93. The quantitative estimate of drug-likeness (QED) is 0.558. The molecule has 0 radical (unpaired) electrons. The molecule has 110 valence electrons. The van der Waals surface area contributed by atoms with Gasteiger partial charge in [-0.1, -0.05) is 0 Å². The summed E-state index contributed by atoms with van der Waals surface area (Å²) in [5.74, 6) is 8.69. The topological polar surface area (TPSA) is 79.1 Å². The minimum atomic E-state index is 0.525. The van der Waals surface area contributed by atoms with Crippen molar-refractivity contribution >= 4 is 11.6 Å². The van der Waals surface area contributed by atoms with Gasteiger partial charge in [-0.3, -0.25) is 0 Å². The van der Waals surface area contributed by atoms with Crippen molar-refractivity contribution in [2.75, 3.05) is 30.9 Å². The monoisotopic (exact) mass is 276 g/mol. The maximum Gasteiger partial charge on any atom is 0.148 e. The van der Waals surface area contributed by atoms with Gasteiger partial charge in [0.25, 0.3) is 0 Å². The highest BCUT2D eigenvalue weighted by molar-refractivity contribution is 5.57. The number of nitrogen functional groups attached to an aromatic ring is 1. The van der Waals surface area contributed by atoms with E-state index in [0.717, 1.165) is 29.6 Å². The average Bonchev–Trinajstić information content (AvgIpc) is 3.21. The number of anilines is 2. The molecular formula is C14H24N6. The van der Waals surface area contributed by atoms with Crippen molar-refractivity contribution in [3.05, 3.63) is 11.4 Å². The van der Waals surface area contributed by atoms with Crippen LogP contribution in [0.25, 0.3) is 0 Å². The molecule has 1 saturated carbocycles. The van der Waals surface area contributed by atoms with E-state index >= 15 is 0 Å². The lowest BCUT2D eigenvalue weighted by Gasteiger charge is -2.21. The van der Waals surface area contributed by atoms with Crippen LogP contribution in [0.5, 0.6) is 0 Å². The third-order valence-corrected chi connectivity index (χ3v) is 4.42. The smallest absolute Gasteiger partial charge is 0.148 e. The number of hydrazine groups is 1. The van der Waals surface area contributed by atoms with E-state index in [2.05, 4.69) is 27.7 Å². The number of hydrogen-bond acceptors (Lipinski definition) is 6. The molecular weight excluding hydrogens is 252 g/mol. The lowest BCUT2D eigenvalue weighted by atomic mass is 10.2. The summed E-state index contributed by atoms with van der Waals surface area (Å²) >= 11 is 0. The van der Waals surface area contributed by atoms with Crippen molar-refractivity contribution in [2.45, 2.75) is 44.6 Å². The second kappa shape index (κ2) is 5.54. The van der Waals surface area contributed by atoms with E-state index in [1.807, 2.05) is 6.92 Å². The van der Waals surface area contributed by atoms with E-state index in [1.54, 1.807) is 0 Å². The first kappa shape index (κ1) is 13.6. The molecule has 1 saturated heterocycles. The maximum atomic E-state index is 5.57. The Kier molecular flexibility index (Phi) is 3.76. The molecule has 20 heavy (non-hydrogen) atoms. The number of hydrogen-bond donors (Lipinski definition) is 3. The van der Waals surface area contributed by atoms with Crippen LogP contribution in [0.15, 0.2) is 0 Å². The molecule has 2 fully saturated rings. The predicted molar refractivity (Wildman–Crippen MR) is 80.7 cm³/mol. The molecule has 1 aliphatic carbocycles. The largest absolute Gasteiger partial charge is 0.368 e. The molecule has 2 aliphatic rings. The Hall–Kier alpha value is -1.40. The number of nitrogens with one attached hydrogen (secondary N) is 2. The molecule has 0 aromatic carbocycles. The van der Waals surface area contributed by atoms with Gasteiger partial charge < -0.3 is 15.6 Å². The van der Waals surface area contributed by atoms with Crippen molar-refractivity contribution in [3.8, 4) is 0 Å². The van der Waals surface area contributed by atoms with Crippen molar-refractivity contribution in [1.82, 2.24) is 14.9 Å². The summed E-state index contributed by atoms with van der Waals surface area (Å²) in [4.78, 5) is 11.6. The summed E-state index contributed by atoms with van der Waals surface area (Å²) in [6, 6.07) is 0.600. The average molecular weight is 276 g/mol. The Labute approximate surface area is 120 Å². The van der Waals surface area contributed by atoms with E-state index < -0.39 is 0 Å². The Morgan fingerprint density at radius 1 is 1.25 bits per heavy atom. The van der Waals surface area contributed by atoms with Crippen LogP contribution < -0.4 is 16.6 Å². The van der Waals surface area contributed by atoms with E-state index in [4.69, 9.17) is 10.8 Å². The van der Waals surface area contributed by atoms with E-state index in [0.29, 0.717) is 12.0 Å². The van der Waals surface area contributed by atoms with Crippen molar-refractivity contribution < 1.29 is 0 Å². The lowest BCUT2D eigenvalue weighted by molar-refractivity contribution is 0.322. The summed E-state index contributed by atoms with van der Waals surface area (Å²) in [5.41, 5.74) is 3.69. The number of nitrogens with two attached hydrogens (primary N) is 1. The number of likely N-dealkylation sites (tertiary alicyclic amines) is 1. The maximum absolute atomic E-state index is 5.57. The Morgan fingerprint density at radius 2 is 2.00 bits per heavy atom. The van der Waals surface area contributed by atoms with E-state index in [9.17, 15) is 0 Å². The minimum Gasteiger partial charge on any atom is -0.368 e. The molecule has 6 nitrogen and oxygen atoms in total. The van der Waals surface area contributed by atoms with Crippen LogP contribution in [0.4, 0.5) is 11.6 Å². The minimum absolute atomic E-state index is 0.525. The normalized spacial score (nSPS) is 23.1. The summed E-state index contributed by atoms with van der Waals surface area (Å²) in [5, 5.41) is 3.49. The third-order valence-electron chi connectivity index (χ3n) is 4.42. The predicted octanol–water partition coefficient (Wildman–Crippen LogP) is 1.45. The lowest BCUT2D eigenvalue weighted by Crippen LogP contribution is -2.32. The first-order valence-corrected chi connectivity index (χ1v) is 7.48. The fourth-order valence-electron chi connectivity index (χ4n) is 2.82. The first-order chi connectivity index (χ1) is 9.69. The fraction of sp³-hybridized carbons (Fsp3) is 0.714. The van der Waals surface area contributed by atoms with Crippen LogP contribution in [0, 0.1) is 6.92 Å². The van der Waals surface area contributed by atoms with Gasteiger partial charge in [-0.05, 0) is 46.2 Å². The number of rotatable bonds is 5. The Bertz CT molecular complexity index is 485. The Morgan fingerprint density at radius 3 is 2.60 bits per heavy atom. The van der Waals surface area contributed by atoms with Gasteiger partial charge in [0.15, 0.2) is 0 Å². The van der Waals surface area contributed by atoms with Crippen LogP contribution in [0.1, 0.15) is 43.0 Å². The van der Waals surface area contributed by atoms with Crippen LogP contribution >= 0.6 is 0 Å².